The van der Waals surface area contributed by atoms with Crippen molar-refractivity contribution in [3.8, 4) is 0 Å². The summed E-state index contributed by atoms with van der Waals surface area (Å²) in [5.74, 6) is 0. The highest BCUT2D eigenvalue weighted by Gasteiger charge is 2.38. The van der Waals surface area contributed by atoms with Gasteiger partial charge in [0.25, 0.3) is 0 Å². The first-order valence-corrected chi connectivity index (χ1v) is 10.3. The molecule has 0 aromatic heterocycles. The Morgan fingerprint density at radius 1 is 0.690 bits per heavy atom. The van der Waals surface area contributed by atoms with E-state index in [1.54, 1.807) is 11.1 Å². The van der Waals surface area contributed by atoms with Crippen LogP contribution in [0.3, 0.4) is 0 Å². The van der Waals surface area contributed by atoms with E-state index in [1.807, 2.05) is 0 Å². The van der Waals surface area contributed by atoms with Crippen molar-refractivity contribution in [2.45, 2.75) is 86.5 Å². The molecule has 0 nitrogen and oxygen atoms in total. The summed E-state index contributed by atoms with van der Waals surface area (Å²) in [4.78, 5) is 0. The Kier molecular flexibility index (Phi) is 8.27. The molecule has 1 atom stereocenters. The maximum Gasteiger partial charge on any atom is -0.00745 e. The zero-order valence-electron chi connectivity index (χ0n) is 17.9. The van der Waals surface area contributed by atoms with Crippen LogP contribution in [0.5, 0.6) is 0 Å². The summed E-state index contributed by atoms with van der Waals surface area (Å²) in [6, 6.07) is 22.0. The van der Waals surface area contributed by atoms with Gasteiger partial charge >= 0.3 is 0 Å². The molecule has 1 aliphatic rings. The maximum atomic E-state index is 2.43. The Labute approximate surface area is 180 Å². The third-order valence-electron chi connectivity index (χ3n) is 6.54. The first-order chi connectivity index (χ1) is 12.7. The molecule has 0 heterocycles. The van der Waals surface area contributed by atoms with E-state index in [1.165, 1.54) is 41.2 Å². The average Bonchev–Trinajstić information content (AvgIpc) is 2.65. The highest BCUT2D eigenvalue weighted by atomic mass is 14.4. The summed E-state index contributed by atoms with van der Waals surface area (Å²) in [6.07, 6.45) is 3.89. The molecular formula is C29H42. The van der Waals surface area contributed by atoms with Crippen molar-refractivity contribution in [1.29, 1.82) is 0 Å². The number of hydrogen-bond donors (Lipinski definition) is 0. The molecule has 0 saturated carbocycles. The molecule has 4 rings (SSSR count). The summed E-state index contributed by atoms with van der Waals surface area (Å²) in [5, 5.41) is 2.64. The van der Waals surface area contributed by atoms with E-state index in [0.29, 0.717) is 10.8 Å². The van der Waals surface area contributed by atoms with E-state index < -0.39 is 0 Å². The minimum atomic E-state index is 0. The second-order valence-electron chi connectivity index (χ2n) is 9.20. The Balaban J connectivity index is 0.000000286. The molecule has 0 bridgehead atoms. The van der Waals surface area contributed by atoms with Crippen LogP contribution in [-0.4, -0.2) is 0 Å². The normalized spacial score (nSPS) is 19.1. The largest absolute Gasteiger partial charge is 0.0776 e. The van der Waals surface area contributed by atoms with Crippen LogP contribution in [0.4, 0.5) is 0 Å². The lowest BCUT2D eigenvalue weighted by molar-refractivity contribution is 0.304. The molecule has 0 aliphatic heterocycles. The predicted molar refractivity (Wildman–Crippen MR) is 133 cm³/mol. The molecule has 158 valence electrons. The van der Waals surface area contributed by atoms with Crippen LogP contribution in [-0.2, 0) is 10.8 Å². The molecule has 0 heteroatoms. The molecule has 0 spiro atoms. The van der Waals surface area contributed by atoms with Crippen LogP contribution >= 0.6 is 0 Å². The molecule has 3 aromatic carbocycles. The quantitative estimate of drug-likeness (QED) is 0.388. The number of aryl methyl sites for hydroxylation is 2. The molecule has 3 aromatic rings. The lowest BCUT2D eigenvalue weighted by Gasteiger charge is -2.43. The summed E-state index contributed by atoms with van der Waals surface area (Å²) in [7, 11) is 0. The molecule has 0 N–H and O–H groups in total. The SMILES string of the molecule is C.C.CCC1(C)CCC(C)(C)c2ccc(C)cc21.Cc1ccc2ccccc2c1. The second-order valence-corrected chi connectivity index (χ2v) is 9.20. The number of benzene rings is 3. The molecule has 1 aliphatic carbocycles. The van der Waals surface area contributed by atoms with Crippen LogP contribution < -0.4 is 0 Å². The van der Waals surface area contributed by atoms with E-state index >= 15 is 0 Å². The van der Waals surface area contributed by atoms with Gasteiger partial charge in [0.05, 0.1) is 0 Å². The fraction of sp³-hybridized carbons (Fsp3) is 0.448. The number of rotatable bonds is 1. The minimum absolute atomic E-state index is 0. The molecule has 0 fully saturated rings. The standard InChI is InChI=1S/C16H24.C11H10.2CH4/c1-6-16(5)10-9-15(3,4)13-8-7-12(2)11-14(13)16;1-9-6-7-10-4-2-3-5-11(10)8-9;;/h7-8,11H,6,9-10H2,1-5H3;2-8H,1H3;2*1H4. The first-order valence-electron chi connectivity index (χ1n) is 10.3. The van der Waals surface area contributed by atoms with Crippen molar-refractivity contribution in [2.75, 3.05) is 0 Å². The summed E-state index contributed by atoms with van der Waals surface area (Å²) in [5.41, 5.74) is 6.66. The Bertz CT molecular complexity index is 932. The molecular weight excluding hydrogens is 348 g/mol. The van der Waals surface area contributed by atoms with Crippen LogP contribution in [0.1, 0.15) is 84.1 Å². The van der Waals surface area contributed by atoms with Gasteiger partial charge in [-0.25, -0.2) is 0 Å². The fourth-order valence-electron chi connectivity index (χ4n) is 4.28. The van der Waals surface area contributed by atoms with Gasteiger partial charge in [0, 0.05) is 0 Å². The van der Waals surface area contributed by atoms with E-state index in [-0.39, 0.29) is 14.9 Å². The van der Waals surface area contributed by atoms with Gasteiger partial charge in [0.2, 0.25) is 0 Å². The molecule has 0 amide bonds. The van der Waals surface area contributed by atoms with Gasteiger partial charge in [-0.15, -0.1) is 0 Å². The summed E-state index contributed by atoms with van der Waals surface area (Å²) >= 11 is 0. The summed E-state index contributed by atoms with van der Waals surface area (Å²) < 4.78 is 0. The Morgan fingerprint density at radius 2 is 1.28 bits per heavy atom. The molecule has 0 radical (unpaired) electrons. The van der Waals surface area contributed by atoms with Crippen LogP contribution in [0.25, 0.3) is 10.8 Å². The van der Waals surface area contributed by atoms with Gasteiger partial charge in [-0.2, -0.15) is 0 Å². The van der Waals surface area contributed by atoms with Gasteiger partial charge in [0.1, 0.15) is 0 Å². The van der Waals surface area contributed by atoms with Gasteiger partial charge in [0.15, 0.2) is 0 Å². The van der Waals surface area contributed by atoms with Crippen molar-refractivity contribution >= 4 is 10.8 Å². The van der Waals surface area contributed by atoms with Crippen molar-refractivity contribution in [1.82, 2.24) is 0 Å². The maximum absolute atomic E-state index is 2.43. The van der Waals surface area contributed by atoms with Crippen molar-refractivity contribution in [2.24, 2.45) is 0 Å². The highest BCUT2D eigenvalue weighted by molar-refractivity contribution is 5.82. The van der Waals surface area contributed by atoms with Crippen LogP contribution in [0.2, 0.25) is 0 Å². The predicted octanol–water partition coefficient (Wildman–Crippen LogP) is 9.15. The van der Waals surface area contributed by atoms with Gasteiger partial charge < -0.3 is 0 Å². The minimum Gasteiger partial charge on any atom is -0.0776 e. The van der Waals surface area contributed by atoms with Crippen LogP contribution in [0, 0.1) is 13.8 Å². The zero-order valence-corrected chi connectivity index (χ0v) is 17.9. The second kappa shape index (κ2) is 9.61. The zero-order chi connectivity index (χ0) is 19.7. The smallest absolute Gasteiger partial charge is 0.00745 e. The van der Waals surface area contributed by atoms with Gasteiger partial charge in [-0.1, -0.05) is 114 Å². The van der Waals surface area contributed by atoms with Gasteiger partial charge in [-0.3, -0.25) is 0 Å². The lowest BCUT2D eigenvalue weighted by atomic mass is 9.61. The van der Waals surface area contributed by atoms with E-state index in [0.717, 1.165) is 0 Å². The Hall–Kier alpha value is -2.08. The molecule has 1 unspecified atom stereocenters. The molecule has 29 heavy (non-hydrogen) atoms. The van der Waals surface area contributed by atoms with Crippen molar-refractivity contribution in [3.63, 3.8) is 0 Å². The van der Waals surface area contributed by atoms with Crippen molar-refractivity contribution in [3.05, 3.63) is 82.9 Å². The van der Waals surface area contributed by atoms with E-state index in [9.17, 15) is 0 Å². The first kappa shape index (κ1) is 25.0. The molecule has 0 saturated heterocycles. The van der Waals surface area contributed by atoms with Crippen molar-refractivity contribution < 1.29 is 0 Å². The third-order valence-corrected chi connectivity index (χ3v) is 6.54. The average molecular weight is 391 g/mol. The number of fused-ring (bicyclic) bond motifs is 2. The highest BCUT2D eigenvalue weighted by Crippen LogP contribution is 2.47. The van der Waals surface area contributed by atoms with E-state index in [2.05, 4.69) is 102 Å². The number of hydrogen-bond acceptors (Lipinski definition) is 0. The summed E-state index contributed by atoms with van der Waals surface area (Å²) in [6.45, 7) is 13.8. The monoisotopic (exact) mass is 390 g/mol. The lowest BCUT2D eigenvalue weighted by Crippen LogP contribution is -2.35. The fourth-order valence-corrected chi connectivity index (χ4v) is 4.28. The Morgan fingerprint density at radius 3 is 1.93 bits per heavy atom. The topological polar surface area (TPSA) is 0 Å². The van der Waals surface area contributed by atoms with Crippen LogP contribution in [0.15, 0.2) is 60.7 Å². The van der Waals surface area contributed by atoms with E-state index in [4.69, 9.17) is 0 Å². The van der Waals surface area contributed by atoms with Gasteiger partial charge in [-0.05, 0) is 65.8 Å². The third kappa shape index (κ3) is 5.30.